The lowest BCUT2D eigenvalue weighted by Crippen LogP contribution is -2.50. The third-order valence-corrected chi connectivity index (χ3v) is 7.22. The van der Waals surface area contributed by atoms with Gasteiger partial charge in [0.05, 0.1) is 37.4 Å². The number of carbonyl (C=O) groups excluding carboxylic acids is 2. The van der Waals surface area contributed by atoms with Gasteiger partial charge in [0, 0.05) is 56.5 Å². The molecule has 46 heavy (non-hydrogen) atoms. The molecule has 0 bridgehead atoms. The molecule has 13 nitrogen and oxygen atoms in total. The third kappa shape index (κ3) is 8.03. The van der Waals surface area contributed by atoms with E-state index >= 15 is 0 Å². The Labute approximate surface area is 267 Å². The Balaban J connectivity index is 1.25. The number of piperazine rings is 1. The monoisotopic (exact) mass is 632 g/mol. The SMILES string of the molecule is COCCOCCOc1ccc2cn(-c3cccc(C(=O)Nc4cnccc4N4CCN(C(=O)OC(C)(C)C)CC4)n3)c(O)c2c1. The number of nitrogens with zero attached hydrogens (tertiary/aromatic N) is 5. The molecule has 1 aliphatic rings. The molecule has 0 saturated carbocycles. The van der Waals surface area contributed by atoms with Crippen LogP contribution in [0, 0.1) is 0 Å². The van der Waals surface area contributed by atoms with Gasteiger partial charge in [0.15, 0.2) is 0 Å². The van der Waals surface area contributed by atoms with Crippen LogP contribution in [0.5, 0.6) is 11.6 Å². The number of carbonyl (C=O) groups is 2. The molecular formula is C33H40N6O7. The van der Waals surface area contributed by atoms with Gasteiger partial charge in [-0.1, -0.05) is 6.07 Å². The zero-order valence-corrected chi connectivity index (χ0v) is 26.6. The summed E-state index contributed by atoms with van der Waals surface area (Å²) >= 11 is 0. The van der Waals surface area contributed by atoms with Crippen molar-refractivity contribution >= 4 is 34.1 Å². The zero-order chi connectivity index (χ0) is 32.7. The average Bonchev–Trinajstić information content (AvgIpc) is 3.37. The van der Waals surface area contributed by atoms with Gasteiger partial charge < -0.3 is 39.2 Å². The number of ether oxygens (including phenoxy) is 4. The lowest BCUT2D eigenvalue weighted by atomic mass is 10.2. The van der Waals surface area contributed by atoms with E-state index in [1.807, 2.05) is 39.0 Å². The minimum Gasteiger partial charge on any atom is -0.494 e. The minimum atomic E-state index is -0.561. The molecule has 0 atom stereocenters. The number of nitrogens with one attached hydrogen (secondary N) is 1. The molecule has 0 aliphatic carbocycles. The second kappa shape index (κ2) is 14.5. The number of aromatic hydroxyl groups is 1. The molecule has 244 valence electrons. The van der Waals surface area contributed by atoms with Crippen LogP contribution < -0.4 is 15.0 Å². The number of fused-ring (bicyclic) bond motifs is 1. The van der Waals surface area contributed by atoms with Gasteiger partial charge in [-0.2, -0.15) is 0 Å². The molecule has 13 heteroatoms. The molecule has 1 aliphatic heterocycles. The predicted octanol–water partition coefficient (Wildman–Crippen LogP) is 4.48. The maximum atomic E-state index is 13.4. The normalized spacial score (nSPS) is 13.6. The molecule has 2 amide bonds. The summed E-state index contributed by atoms with van der Waals surface area (Å²) in [5, 5.41) is 15.4. The lowest BCUT2D eigenvalue weighted by Gasteiger charge is -2.37. The van der Waals surface area contributed by atoms with Crippen LogP contribution in [-0.4, -0.2) is 102 Å². The first-order chi connectivity index (χ1) is 22.1. The van der Waals surface area contributed by atoms with Crippen molar-refractivity contribution in [3.05, 3.63) is 66.7 Å². The van der Waals surface area contributed by atoms with E-state index in [2.05, 4.69) is 20.2 Å². The molecule has 1 saturated heterocycles. The van der Waals surface area contributed by atoms with Gasteiger partial charge in [-0.3, -0.25) is 14.3 Å². The van der Waals surface area contributed by atoms with Crippen molar-refractivity contribution < 1.29 is 33.6 Å². The Morgan fingerprint density at radius 1 is 1.00 bits per heavy atom. The van der Waals surface area contributed by atoms with Crippen LogP contribution in [0.4, 0.5) is 16.2 Å². The molecule has 0 spiro atoms. The molecule has 2 N–H and O–H groups in total. The molecule has 4 aromatic rings. The predicted molar refractivity (Wildman–Crippen MR) is 173 cm³/mol. The van der Waals surface area contributed by atoms with E-state index in [-0.39, 0.29) is 17.7 Å². The number of amides is 2. The zero-order valence-electron chi connectivity index (χ0n) is 26.6. The number of methoxy groups -OCH3 is 1. The number of pyridine rings is 2. The summed E-state index contributed by atoms with van der Waals surface area (Å²) in [7, 11) is 1.62. The van der Waals surface area contributed by atoms with Crippen molar-refractivity contribution in [2.45, 2.75) is 26.4 Å². The van der Waals surface area contributed by atoms with E-state index in [0.29, 0.717) is 75.2 Å². The maximum Gasteiger partial charge on any atom is 0.410 e. The van der Waals surface area contributed by atoms with Crippen molar-refractivity contribution in [2.24, 2.45) is 0 Å². The van der Waals surface area contributed by atoms with Crippen LogP contribution in [0.3, 0.4) is 0 Å². The highest BCUT2D eigenvalue weighted by Crippen LogP contribution is 2.33. The Morgan fingerprint density at radius 2 is 1.78 bits per heavy atom. The van der Waals surface area contributed by atoms with E-state index < -0.39 is 11.5 Å². The van der Waals surface area contributed by atoms with E-state index in [4.69, 9.17) is 18.9 Å². The summed E-state index contributed by atoms with van der Waals surface area (Å²) in [6, 6.07) is 12.3. The van der Waals surface area contributed by atoms with Crippen LogP contribution in [0.2, 0.25) is 0 Å². The fourth-order valence-corrected chi connectivity index (χ4v) is 4.98. The van der Waals surface area contributed by atoms with Gasteiger partial charge in [0.2, 0.25) is 5.88 Å². The second-order valence-electron chi connectivity index (χ2n) is 11.7. The molecule has 1 fully saturated rings. The van der Waals surface area contributed by atoms with Gasteiger partial charge in [0.1, 0.15) is 29.5 Å². The molecule has 5 rings (SSSR count). The smallest absolute Gasteiger partial charge is 0.410 e. The number of hydrogen-bond acceptors (Lipinski definition) is 10. The first kappa shape index (κ1) is 32.5. The quantitative estimate of drug-likeness (QED) is 0.228. The van der Waals surface area contributed by atoms with Crippen molar-refractivity contribution in [1.29, 1.82) is 0 Å². The van der Waals surface area contributed by atoms with Gasteiger partial charge >= 0.3 is 6.09 Å². The largest absolute Gasteiger partial charge is 0.494 e. The van der Waals surface area contributed by atoms with Gasteiger partial charge in [-0.25, -0.2) is 9.78 Å². The summed E-state index contributed by atoms with van der Waals surface area (Å²) in [5.41, 5.74) is 0.916. The van der Waals surface area contributed by atoms with E-state index in [1.54, 1.807) is 54.9 Å². The number of anilines is 2. The fraction of sp³-hybridized carbons (Fsp3) is 0.394. The van der Waals surface area contributed by atoms with Crippen LogP contribution in [-0.2, 0) is 14.2 Å². The molecule has 3 aromatic heterocycles. The first-order valence-electron chi connectivity index (χ1n) is 15.1. The molecule has 0 radical (unpaired) electrons. The highest BCUT2D eigenvalue weighted by molar-refractivity contribution is 6.04. The fourth-order valence-electron chi connectivity index (χ4n) is 4.98. The number of hydrogen-bond donors (Lipinski definition) is 2. The lowest BCUT2D eigenvalue weighted by molar-refractivity contribution is 0.0240. The van der Waals surface area contributed by atoms with E-state index in [0.717, 1.165) is 11.1 Å². The van der Waals surface area contributed by atoms with Gasteiger partial charge in [-0.05, 0) is 57.2 Å². The Morgan fingerprint density at radius 3 is 2.54 bits per heavy atom. The summed E-state index contributed by atoms with van der Waals surface area (Å²) in [6.07, 6.45) is 4.67. The number of benzene rings is 1. The Bertz CT molecular complexity index is 1660. The summed E-state index contributed by atoms with van der Waals surface area (Å²) in [4.78, 5) is 38.4. The van der Waals surface area contributed by atoms with Gasteiger partial charge in [0.25, 0.3) is 5.91 Å². The molecule has 4 heterocycles. The highest BCUT2D eigenvalue weighted by Gasteiger charge is 2.27. The van der Waals surface area contributed by atoms with Gasteiger partial charge in [-0.15, -0.1) is 0 Å². The third-order valence-electron chi connectivity index (χ3n) is 7.22. The van der Waals surface area contributed by atoms with E-state index in [9.17, 15) is 14.7 Å². The van der Waals surface area contributed by atoms with Crippen molar-refractivity contribution in [1.82, 2.24) is 19.4 Å². The summed E-state index contributed by atoms with van der Waals surface area (Å²) < 4.78 is 23.2. The molecular weight excluding hydrogens is 592 g/mol. The van der Waals surface area contributed by atoms with Crippen LogP contribution in [0.15, 0.2) is 61.1 Å². The second-order valence-corrected chi connectivity index (χ2v) is 11.7. The van der Waals surface area contributed by atoms with E-state index in [1.165, 1.54) is 4.57 Å². The van der Waals surface area contributed by atoms with Crippen LogP contribution >= 0.6 is 0 Å². The summed E-state index contributed by atoms with van der Waals surface area (Å²) in [5.74, 6) is 0.514. The standard InChI is InChI=1S/C33H40N6O7/c1-33(2,3)46-32(42)38-14-12-37(13-15-38)28-10-11-34-21-27(28)36-30(40)26-6-5-7-29(35-26)39-22-23-8-9-24(20-25(23)31(39)41)45-19-18-44-17-16-43-4/h5-11,20-22,41H,12-19H2,1-4H3,(H,36,40). The van der Waals surface area contributed by atoms with Crippen molar-refractivity contribution in [2.75, 3.05) is 69.9 Å². The average molecular weight is 633 g/mol. The minimum absolute atomic E-state index is 0.0260. The highest BCUT2D eigenvalue weighted by atomic mass is 16.6. The van der Waals surface area contributed by atoms with Crippen LogP contribution in [0.25, 0.3) is 16.6 Å². The Hall–Kier alpha value is -4.88. The van der Waals surface area contributed by atoms with Crippen LogP contribution in [0.1, 0.15) is 31.3 Å². The number of rotatable bonds is 11. The van der Waals surface area contributed by atoms with Crippen molar-refractivity contribution in [3.8, 4) is 17.4 Å². The topological polar surface area (TPSA) is 141 Å². The molecule has 0 unspecified atom stereocenters. The van der Waals surface area contributed by atoms with Crippen molar-refractivity contribution in [3.63, 3.8) is 0 Å². The summed E-state index contributed by atoms with van der Waals surface area (Å²) in [6.45, 7) is 9.42. The maximum absolute atomic E-state index is 13.4. The first-order valence-corrected chi connectivity index (χ1v) is 15.1. The Kier molecular flexibility index (Phi) is 10.2. The number of aromatic nitrogens is 3. The molecule has 1 aromatic carbocycles.